The molecule has 0 radical (unpaired) electrons. The first-order valence-electron chi connectivity index (χ1n) is 19.0. The van der Waals surface area contributed by atoms with Crippen molar-refractivity contribution >= 4 is 11.4 Å². The Bertz CT molecular complexity index is 1270. The normalized spacial score (nSPS) is 13.6. The average Bonchev–Trinajstić information content (AvgIpc) is 3.31. The summed E-state index contributed by atoms with van der Waals surface area (Å²) in [5.41, 5.74) is 28.3. The van der Waals surface area contributed by atoms with Gasteiger partial charge in [0.25, 0.3) is 0 Å². The minimum atomic E-state index is 1.02. The van der Waals surface area contributed by atoms with E-state index in [-0.39, 0.29) is 0 Å². The Morgan fingerprint density at radius 2 is 0.867 bits per heavy atom. The number of rotatable bonds is 21. The van der Waals surface area contributed by atoms with E-state index in [1.807, 2.05) is 0 Å². The molecular weight excluding hydrogens is 544 g/mol. The highest BCUT2D eigenvalue weighted by molar-refractivity contribution is 5.83. The summed E-state index contributed by atoms with van der Waals surface area (Å²) in [7, 11) is 0. The molecule has 0 fully saturated rings. The first-order valence-corrected chi connectivity index (χ1v) is 19.0. The van der Waals surface area contributed by atoms with Gasteiger partial charge in [-0.2, -0.15) is 0 Å². The minimum absolute atomic E-state index is 1.02. The lowest BCUT2D eigenvalue weighted by atomic mass is 9.86. The van der Waals surface area contributed by atoms with Gasteiger partial charge in [0.05, 0.1) is 0 Å². The van der Waals surface area contributed by atoms with Crippen LogP contribution in [0.4, 0.5) is 0 Å². The Morgan fingerprint density at radius 3 is 1.38 bits per heavy atom. The van der Waals surface area contributed by atoms with E-state index in [2.05, 4.69) is 79.7 Å². The van der Waals surface area contributed by atoms with Crippen molar-refractivity contribution in [2.75, 3.05) is 0 Å². The molecule has 2 aromatic rings. The summed E-state index contributed by atoms with van der Waals surface area (Å²) in [6.07, 6.45) is 22.8. The molecule has 1 aliphatic rings. The second-order valence-electron chi connectivity index (χ2n) is 13.9. The molecule has 0 amide bonds. The Hall–Kier alpha value is -2.48. The van der Waals surface area contributed by atoms with Crippen molar-refractivity contribution < 1.29 is 4.70 Å². The second-order valence-corrected chi connectivity index (χ2v) is 13.9. The number of hydrogen-bond acceptors (Lipinski definition) is 0. The van der Waals surface area contributed by atoms with Gasteiger partial charge in [0.2, 0.25) is 11.4 Å². The molecule has 0 saturated heterocycles. The smallest absolute Gasteiger partial charge is 0.211 e. The van der Waals surface area contributed by atoms with Crippen molar-refractivity contribution in [1.29, 1.82) is 0 Å². The summed E-state index contributed by atoms with van der Waals surface area (Å²) >= 11 is 0. The van der Waals surface area contributed by atoms with Gasteiger partial charge in [0.1, 0.15) is 0 Å². The van der Waals surface area contributed by atoms with Crippen molar-refractivity contribution in [2.24, 2.45) is 0 Å². The first-order chi connectivity index (χ1) is 21.8. The predicted octanol–water partition coefficient (Wildman–Crippen LogP) is 13.8. The molecule has 0 aliphatic carbocycles. The zero-order valence-electron chi connectivity index (χ0n) is 30.6. The third kappa shape index (κ3) is 9.76. The number of aryl methyl sites for hydroxylation is 4. The molecule has 45 heavy (non-hydrogen) atoms. The predicted molar refractivity (Wildman–Crippen MR) is 198 cm³/mol. The Morgan fingerprint density at radius 1 is 0.467 bits per heavy atom. The van der Waals surface area contributed by atoms with E-state index >= 15 is 0 Å². The van der Waals surface area contributed by atoms with Crippen LogP contribution in [-0.4, -0.2) is 4.70 Å². The van der Waals surface area contributed by atoms with Crippen molar-refractivity contribution in [2.45, 2.75) is 177 Å². The number of unbranched alkanes of at least 4 members (excludes halogenated alkanes) is 9. The van der Waals surface area contributed by atoms with Crippen molar-refractivity contribution in [1.82, 2.24) is 0 Å². The summed E-state index contributed by atoms with van der Waals surface area (Å²) in [6.45, 7) is 18.2. The van der Waals surface area contributed by atoms with Crippen molar-refractivity contribution in [3.05, 3.63) is 85.5 Å². The molecule has 1 aliphatic heterocycles. The molecule has 0 atom stereocenters. The number of hydrogen-bond donors (Lipinski definition) is 0. The molecule has 2 aromatic carbocycles. The molecule has 0 saturated carbocycles. The van der Waals surface area contributed by atoms with Crippen LogP contribution in [0.25, 0.3) is 16.9 Å². The Balaban J connectivity index is 2.24. The SMILES string of the molecule is CCCCCCCCC1=C(c2cc(CCCC)c(CCCC)c(CCCC)c2)[N+](=[N-])C(c2cc(C)c(C)c(C)c2)=C1CCCC. The fourth-order valence-electron chi connectivity index (χ4n) is 7.18. The molecule has 0 N–H and O–H groups in total. The van der Waals surface area contributed by atoms with Crippen LogP contribution in [0.1, 0.15) is 182 Å². The Labute approximate surface area is 278 Å². The maximum absolute atomic E-state index is 12.4. The quantitative estimate of drug-likeness (QED) is 0.0992. The van der Waals surface area contributed by atoms with Crippen LogP contribution in [0.15, 0.2) is 35.4 Å². The van der Waals surface area contributed by atoms with E-state index in [9.17, 15) is 5.53 Å². The largest absolute Gasteiger partial charge is 0.493 e. The first kappa shape index (κ1) is 37.0. The summed E-state index contributed by atoms with van der Waals surface area (Å²) in [5.74, 6) is 0. The molecule has 0 bridgehead atoms. The van der Waals surface area contributed by atoms with Gasteiger partial charge in [0, 0.05) is 22.3 Å². The molecule has 1 heterocycles. The molecule has 2 nitrogen and oxygen atoms in total. The van der Waals surface area contributed by atoms with Gasteiger partial charge in [0.15, 0.2) is 0 Å². The number of nitrogens with zero attached hydrogens (tertiary/aromatic N) is 2. The van der Waals surface area contributed by atoms with Crippen LogP contribution >= 0.6 is 0 Å². The van der Waals surface area contributed by atoms with E-state index in [4.69, 9.17) is 0 Å². The fourth-order valence-corrected chi connectivity index (χ4v) is 7.18. The zero-order chi connectivity index (χ0) is 32.8. The molecule has 0 aromatic heterocycles. The summed E-state index contributed by atoms with van der Waals surface area (Å²) in [6, 6.07) is 9.60. The molecule has 0 unspecified atom stereocenters. The van der Waals surface area contributed by atoms with Gasteiger partial charge < -0.3 is 5.53 Å². The fraction of sp³-hybridized carbons (Fsp3) is 0.628. The van der Waals surface area contributed by atoms with Gasteiger partial charge in [-0.05, 0) is 143 Å². The number of benzene rings is 2. The van der Waals surface area contributed by atoms with E-state index in [1.165, 1.54) is 128 Å². The van der Waals surface area contributed by atoms with E-state index in [1.54, 1.807) is 10.3 Å². The number of allylic oxidation sites excluding steroid dienone is 2. The van der Waals surface area contributed by atoms with Gasteiger partial charge >= 0.3 is 0 Å². The van der Waals surface area contributed by atoms with E-state index in [0.29, 0.717) is 0 Å². The van der Waals surface area contributed by atoms with Crippen molar-refractivity contribution in [3.63, 3.8) is 0 Å². The lowest BCUT2D eigenvalue weighted by Gasteiger charge is -2.19. The maximum atomic E-state index is 12.4. The van der Waals surface area contributed by atoms with Crippen LogP contribution < -0.4 is 0 Å². The summed E-state index contributed by atoms with van der Waals surface area (Å²) in [4.78, 5) is 0. The van der Waals surface area contributed by atoms with Crippen LogP contribution in [0.5, 0.6) is 0 Å². The van der Waals surface area contributed by atoms with E-state index < -0.39 is 0 Å². The van der Waals surface area contributed by atoms with Gasteiger partial charge in [-0.1, -0.05) is 92.4 Å². The second kappa shape index (κ2) is 19.2. The van der Waals surface area contributed by atoms with Crippen LogP contribution in [0.3, 0.4) is 0 Å². The third-order valence-electron chi connectivity index (χ3n) is 10.2. The molecule has 2 heteroatoms. The minimum Gasteiger partial charge on any atom is -0.493 e. The topological polar surface area (TPSA) is 25.3 Å². The van der Waals surface area contributed by atoms with Gasteiger partial charge in [-0.25, -0.2) is 4.70 Å². The molecule has 3 rings (SSSR count). The summed E-state index contributed by atoms with van der Waals surface area (Å²) in [5, 5.41) is 0. The highest BCUT2D eigenvalue weighted by atomic mass is 15.2. The monoisotopic (exact) mass is 611 g/mol. The van der Waals surface area contributed by atoms with Crippen LogP contribution in [0.2, 0.25) is 0 Å². The summed E-state index contributed by atoms with van der Waals surface area (Å²) < 4.78 is 1.63. The van der Waals surface area contributed by atoms with Gasteiger partial charge in [-0.15, -0.1) is 0 Å². The van der Waals surface area contributed by atoms with Gasteiger partial charge in [-0.3, -0.25) is 0 Å². The Kier molecular flexibility index (Phi) is 15.8. The average molecular weight is 611 g/mol. The van der Waals surface area contributed by atoms with Crippen molar-refractivity contribution in [3.8, 4) is 0 Å². The highest BCUT2D eigenvalue weighted by Crippen LogP contribution is 2.45. The lowest BCUT2D eigenvalue weighted by molar-refractivity contribution is -0.345. The van der Waals surface area contributed by atoms with Crippen LogP contribution in [0, 0.1) is 20.8 Å². The third-order valence-corrected chi connectivity index (χ3v) is 10.2. The molecule has 0 spiro atoms. The molecule has 248 valence electrons. The molecular formula is C43H66N2. The zero-order valence-corrected chi connectivity index (χ0v) is 30.6. The van der Waals surface area contributed by atoms with E-state index in [0.717, 1.165) is 55.5 Å². The highest BCUT2D eigenvalue weighted by Gasteiger charge is 2.36. The van der Waals surface area contributed by atoms with Crippen LogP contribution in [-0.2, 0) is 19.3 Å². The standard InChI is InChI=1S/C43H66N2/c1-9-14-19-20-21-22-27-41-40(26-18-13-5)42(37-28-32(6)34(8)33(7)29-37)45(44)43(41)38-30-35(23-15-10-2)39(25-17-12-4)36(31-38)24-16-11-3/h28-31H,9-27H2,1-8H3. The lowest BCUT2D eigenvalue weighted by Crippen LogP contribution is -2.08. The maximum Gasteiger partial charge on any atom is 0.211 e.